The Morgan fingerprint density at radius 3 is 2.93 bits per heavy atom. The number of amides is 2. The third-order valence-corrected chi connectivity index (χ3v) is 5.79. The maximum atomic E-state index is 12.4. The first-order valence-corrected chi connectivity index (χ1v) is 10.6. The first-order valence-electron chi connectivity index (χ1n) is 9.62. The van der Waals surface area contributed by atoms with Crippen molar-refractivity contribution < 1.29 is 18.7 Å². The van der Waals surface area contributed by atoms with Crippen LogP contribution in [0.3, 0.4) is 0 Å². The van der Waals surface area contributed by atoms with Crippen molar-refractivity contribution in [3.63, 3.8) is 0 Å². The Morgan fingerprint density at radius 2 is 2.24 bits per heavy atom. The third-order valence-electron chi connectivity index (χ3n) is 4.79. The lowest BCUT2D eigenvalue weighted by Crippen LogP contribution is -2.49. The molecule has 154 valence electrons. The number of hydrogen-bond acceptors (Lipinski definition) is 7. The van der Waals surface area contributed by atoms with Crippen molar-refractivity contribution in [3.8, 4) is 0 Å². The highest BCUT2D eigenvalue weighted by molar-refractivity contribution is 7.99. The summed E-state index contributed by atoms with van der Waals surface area (Å²) in [5.41, 5.74) is 0.962. The summed E-state index contributed by atoms with van der Waals surface area (Å²) in [4.78, 5) is 24.3. The molecule has 1 unspecified atom stereocenters. The van der Waals surface area contributed by atoms with Gasteiger partial charge in [-0.3, -0.25) is 4.57 Å². The standard InChI is InChI=1S/C19H23N5O4S/c1-3-27-17(25)15-11(2)20-18(26)21-14(15)10-29-19-23-22-16(12-6-7-12)24(19)9-13-5-4-8-28-13/h4-5,8,11-12H,3,6-7,9-10H2,1-2H3,(H2,20,21,26). The fourth-order valence-corrected chi connectivity index (χ4v) is 4.20. The van der Waals surface area contributed by atoms with Gasteiger partial charge in [-0.15, -0.1) is 10.2 Å². The van der Waals surface area contributed by atoms with Gasteiger partial charge in [-0.2, -0.15) is 0 Å². The summed E-state index contributed by atoms with van der Waals surface area (Å²) in [6.45, 7) is 4.33. The highest BCUT2D eigenvalue weighted by Gasteiger charge is 2.32. The van der Waals surface area contributed by atoms with E-state index in [1.807, 2.05) is 12.1 Å². The number of nitrogens with one attached hydrogen (secondary N) is 2. The fraction of sp³-hybridized carbons (Fsp3) is 0.474. The molecule has 2 amide bonds. The van der Waals surface area contributed by atoms with Gasteiger partial charge in [-0.1, -0.05) is 11.8 Å². The van der Waals surface area contributed by atoms with Crippen molar-refractivity contribution in [2.45, 2.75) is 50.4 Å². The first-order chi connectivity index (χ1) is 14.1. The number of esters is 1. The molecule has 1 atom stereocenters. The minimum atomic E-state index is -0.432. The van der Waals surface area contributed by atoms with Gasteiger partial charge in [0.05, 0.1) is 31.0 Å². The Bertz CT molecular complexity index is 933. The molecule has 0 spiro atoms. The summed E-state index contributed by atoms with van der Waals surface area (Å²) >= 11 is 1.42. The molecule has 2 aliphatic rings. The van der Waals surface area contributed by atoms with E-state index in [4.69, 9.17) is 9.15 Å². The highest BCUT2D eigenvalue weighted by atomic mass is 32.2. The Kier molecular flexibility index (Phi) is 5.61. The van der Waals surface area contributed by atoms with Gasteiger partial charge in [0, 0.05) is 17.4 Å². The summed E-state index contributed by atoms with van der Waals surface area (Å²) in [6.07, 6.45) is 3.86. The lowest BCUT2D eigenvalue weighted by Gasteiger charge is -2.26. The molecular weight excluding hydrogens is 394 g/mol. The lowest BCUT2D eigenvalue weighted by molar-refractivity contribution is -0.138. The molecule has 1 fully saturated rings. The van der Waals surface area contributed by atoms with E-state index >= 15 is 0 Å². The van der Waals surface area contributed by atoms with Gasteiger partial charge in [0.2, 0.25) is 0 Å². The molecule has 0 saturated heterocycles. The molecule has 9 nitrogen and oxygen atoms in total. The smallest absolute Gasteiger partial charge is 0.337 e. The quantitative estimate of drug-likeness (QED) is 0.501. The maximum Gasteiger partial charge on any atom is 0.337 e. The average Bonchev–Trinajstić information content (AvgIpc) is 3.24. The number of thioether (sulfide) groups is 1. The number of carbonyl (C=O) groups excluding carboxylic acids is 2. The minimum Gasteiger partial charge on any atom is -0.467 e. The van der Waals surface area contributed by atoms with Gasteiger partial charge in [0.1, 0.15) is 11.6 Å². The van der Waals surface area contributed by atoms with E-state index in [1.54, 1.807) is 20.1 Å². The van der Waals surface area contributed by atoms with Gasteiger partial charge in [0.15, 0.2) is 5.16 Å². The van der Waals surface area contributed by atoms with Crippen molar-refractivity contribution >= 4 is 23.8 Å². The summed E-state index contributed by atoms with van der Waals surface area (Å²) in [5.74, 6) is 2.14. The number of hydrogen-bond donors (Lipinski definition) is 2. The van der Waals surface area contributed by atoms with Gasteiger partial charge in [0.25, 0.3) is 0 Å². The van der Waals surface area contributed by atoms with Crippen LogP contribution in [-0.2, 0) is 16.1 Å². The van der Waals surface area contributed by atoms with Crippen LogP contribution in [0.15, 0.2) is 39.2 Å². The van der Waals surface area contributed by atoms with Crippen LogP contribution in [0, 0.1) is 0 Å². The summed E-state index contributed by atoms with van der Waals surface area (Å²) in [6, 6.07) is 3.01. The molecule has 1 aliphatic heterocycles. The summed E-state index contributed by atoms with van der Waals surface area (Å²) < 4.78 is 12.7. The molecule has 0 bridgehead atoms. The van der Waals surface area contributed by atoms with E-state index in [1.165, 1.54) is 11.8 Å². The normalized spacial score (nSPS) is 19.1. The molecule has 1 aliphatic carbocycles. The molecule has 2 aromatic heterocycles. The Balaban J connectivity index is 1.57. The number of rotatable bonds is 8. The SMILES string of the molecule is CCOC(=O)C1=C(CSc2nnc(C3CC3)n2Cc2ccco2)NC(=O)NC1C. The van der Waals surface area contributed by atoms with E-state index in [-0.39, 0.29) is 12.6 Å². The van der Waals surface area contributed by atoms with Crippen molar-refractivity contribution in [3.05, 3.63) is 41.3 Å². The molecule has 10 heteroatoms. The van der Waals surface area contributed by atoms with Gasteiger partial charge in [-0.25, -0.2) is 9.59 Å². The zero-order chi connectivity index (χ0) is 20.4. The largest absolute Gasteiger partial charge is 0.467 e. The van der Waals surface area contributed by atoms with Crippen molar-refractivity contribution in [1.29, 1.82) is 0 Å². The average molecular weight is 417 g/mol. The molecule has 0 aromatic carbocycles. The predicted molar refractivity (Wildman–Crippen MR) is 105 cm³/mol. The number of nitrogens with zero attached hydrogens (tertiary/aromatic N) is 3. The second-order valence-electron chi connectivity index (χ2n) is 7.00. The Labute approximate surface area is 172 Å². The zero-order valence-corrected chi connectivity index (χ0v) is 17.1. The maximum absolute atomic E-state index is 12.4. The first kappa shape index (κ1) is 19.6. The van der Waals surface area contributed by atoms with Crippen LogP contribution in [0.4, 0.5) is 4.79 Å². The lowest BCUT2D eigenvalue weighted by atomic mass is 10.1. The van der Waals surface area contributed by atoms with Crippen LogP contribution in [0.1, 0.15) is 44.2 Å². The number of carbonyl (C=O) groups is 2. The molecule has 2 N–H and O–H groups in total. The fourth-order valence-electron chi connectivity index (χ4n) is 3.29. The number of furan rings is 1. The third kappa shape index (κ3) is 4.31. The predicted octanol–water partition coefficient (Wildman–Crippen LogP) is 2.41. The second kappa shape index (κ2) is 8.32. The summed E-state index contributed by atoms with van der Waals surface area (Å²) in [5, 5.41) is 14.9. The van der Waals surface area contributed by atoms with Crippen molar-refractivity contribution in [1.82, 2.24) is 25.4 Å². The molecular formula is C19H23N5O4S. The van der Waals surface area contributed by atoms with Crippen LogP contribution < -0.4 is 10.6 Å². The summed E-state index contributed by atoms with van der Waals surface area (Å²) in [7, 11) is 0. The number of urea groups is 1. The van der Waals surface area contributed by atoms with Gasteiger partial charge < -0.3 is 19.8 Å². The Hall–Kier alpha value is -2.75. The van der Waals surface area contributed by atoms with Gasteiger partial charge in [-0.05, 0) is 38.8 Å². The van der Waals surface area contributed by atoms with E-state index in [9.17, 15) is 9.59 Å². The van der Waals surface area contributed by atoms with Crippen molar-refractivity contribution in [2.24, 2.45) is 0 Å². The zero-order valence-electron chi connectivity index (χ0n) is 16.3. The van der Waals surface area contributed by atoms with E-state index < -0.39 is 12.0 Å². The van der Waals surface area contributed by atoms with Crippen LogP contribution in [0.25, 0.3) is 0 Å². The van der Waals surface area contributed by atoms with Crippen LogP contribution in [0.5, 0.6) is 0 Å². The topological polar surface area (TPSA) is 111 Å². The molecule has 4 rings (SSSR count). The van der Waals surface area contributed by atoms with Crippen molar-refractivity contribution in [2.75, 3.05) is 12.4 Å². The van der Waals surface area contributed by atoms with Gasteiger partial charge >= 0.3 is 12.0 Å². The minimum absolute atomic E-state index is 0.269. The second-order valence-corrected chi connectivity index (χ2v) is 7.94. The number of ether oxygens (including phenoxy) is 1. The van der Waals surface area contributed by atoms with E-state index in [0.717, 1.165) is 29.6 Å². The number of aromatic nitrogens is 3. The van der Waals surface area contributed by atoms with Crippen LogP contribution >= 0.6 is 11.8 Å². The molecule has 1 saturated carbocycles. The Morgan fingerprint density at radius 1 is 1.41 bits per heavy atom. The molecule has 29 heavy (non-hydrogen) atoms. The molecule has 0 radical (unpaired) electrons. The molecule has 3 heterocycles. The van der Waals surface area contributed by atoms with E-state index in [2.05, 4.69) is 25.4 Å². The van der Waals surface area contributed by atoms with E-state index in [0.29, 0.717) is 29.5 Å². The van der Waals surface area contributed by atoms with Crippen LogP contribution in [0.2, 0.25) is 0 Å². The highest BCUT2D eigenvalue weighted by Crippen LogP contribution is 2.40. The molecule has 2 aromatic rings. The monoisotopic (exact) mass is 417 g/mol. The van der Waals surface area contributed by atoms with Crippen LogP contribution in [-0.4, -0.2) is 45.2 Å².